The quantitative estimate of drug-likeness (QED) is 0.816. The summed E-state index contributed by atoms with van der Waals surface area (Å²) < 4.78 is 0. The van der Waals surface area contributed by atoms with Crippen LogP contribution >= 0.6 is 0 Å². The molecule has 0 radical (unpaired) electrons. The van der Waals surface area contributed by atoms with Crippen LogP contribution < -0.4 is 5.32 Å². The summed E-state index contributed by atoms with van der Waals surface area (Å²) in [7, 11) is 0. The van der Waals surface area contributed by atoms with Gasteiger partial charge in [-0.3, -0.25) is 4.99 Å². The predicted octanol–water partition coefficient (Wildman–Crippen LogP) is 2.42. The highest BCUT2D eigenvalue weighted by Crippen LogP contribution is 2.10. The normalized spacial score (nSPS) is 24.9. The third-order valence-electron chi connectivity index (χ3n) is 3.77. The second-order valence-corrected chi connectivity index (χ2v) is 5.55. The Morgan fingerprint density at radius 2 is 1.88 bits per heavy atom. The van der Waals surface area contributed by atoms with Crippen LogP contribution in [-0.2, 0) is 0 Å². The van der Waals surface area contributed by atoms with Gasteiger partial charge in [-0.1, -0.05) is 12.8 Å². The molecule has 2 aliphatic rings. The summed E-state index contributed by atoms with van der Waals surface area (Å²) in [4.78, 5) is 7.24. The Balaban J connectivity index is 1.71. The molecule has 1 fully saturated rings. The molecule has 0 spiro atoms. The Hall–Kier alpha value is -0.570. The molecule has 3 nitrogen and oxygen atoms in total. The van der Waals surface area contributed by atoms with E-state index in [9.17, 15) is 0 Å². The number of piperidine rings is 1. The zero-order valence-corrected chi connectivity index (χ0v) is 11.2. The van der Waals surface area contributed by atoms with E-state index in [1.807, 2.05) is 0 Å². The molecule has 2 heterocycles. The van der Waals surface area contributed by atoms with Crippen molar-refractivity contribution < 1.29 is 0 Å². The van der Waals surface area contributed by atoms with Gasteiger partial charge in [0.1, 0.15) is 0 Å². The van der Waals surface area contributed by atoms with E-state index in [0.29, 0.717) is 6.04 Å². The topological polar surface area (TPSA) is 27.6 Å². The minimum atomic E-state index is 0.546. The molecule has 0 saturated carbocycles. The number of hydrogen-bond donors (Lipinski definition) is 1. The van der Waals surface area contributed by atoms with E-state index in [1.165, 1.54) is 64.0 Å². The highest BCUT2D eigenvalue weighted by Gasteiger charge is 2.14. The first-order valence-electron chi connectivity index (χ1n) is 7.37. The van der Waals surface area contributed by atoms with Gasteiger partial charge in [0.25, 0.3) is 0 Å². The maximum atomic E-state index is 4.64. The van der Waals surface area contributed by atoms with Crippen molar-refractivity contribution in [3.63, 3.8) is 0 Å². The lowest BCUT2D eigenvalue weighted by atomic mass is 10.1. The van der Waals surface area contributed by atoms with E-state index in [2.05, 4.69) is 22.1 Å². The standard InChI is InChI=1S/C14H27N3/c1-13(12-17-10-6-3-7-11-17)16-14-8-4-2-5-9-15-14/h13H,2-12H2,1H3,(H,15,16). The van der Waals surface area contributed by atoms with Gasteiger partial charge in [-0.15, -0.1) is 0 Å². The Kier molecular flexibility index (Phi) is 5.30. The highest BCUT2D eigenvalue weighted by molar-refractivity contribution is 5.82. The van der Waals surface area contributed by atoms with Crippen LogP contribution in [0, 0.1) is 0 Å². The first-order valence-corrected chi connectivity index (χ1v) is 7.37. The third kappa shape index (κ3) is 4.66. The van der Waals surface area contributed by atoms with E-state index in [1.54, 1.807) is 0 Å². The van der Waals surface area contributed by atoms with Crippen molar-refractivity contribution in [2.24, 2.45) is 4.99 Å². The molecule has 0 aromatic rings. The minimum Gasteiger partial charge on any atom is -0.370 e. The lowest BCUT2D eigenvalue weighted by Gasteiger charge is -2.29. The fourth-order valence-electron chi connectivity index (χ4n) is 2.85. The van der Waals surface area contributed by atoms with Crippen molar-refractivity contribution in [1.29, 1.82) is 0 Å². The molecule has 1 unspecified atom stereocenters. The SMILES string of the molecule is CC(CN1CCCCC1)NC1=NCCCCC1. The van der Waals surface area contributed by atoms with Crippen molar-refractivity contribution in [2.45, 2.75) is 57.9 Å². The van der Waals surface area contributed by atoms with E-state index in [0.717, 1.165) is 13.0 Å². The molecule has 1 N–H and O–H groups in total. The highest BCUT2D eigenvalue weighted by atomic mass is 15.2. The summed E-state index contributed by atoms with van der Waals surface area (Å²) in [5.74, 6) is 1.26. The Morgan fingerprint density at radius 1 is 1.12 bits per heavy atom. The van der Waals surface area contributed by atoms with Crippen LogP contribution in [0.5, 0.6) is 0 Å². The summed E-state index contributed by atoms with van der Waals surface area (Å²) >= 11 is 0. The van der Waals surface area contributed by atoms with Gasteiger partial charge in [0.15, 0.2) is 0 Å². The lowest BCUT2D eigenvalue weighted by Crippen LogP contribution is -2.43. The Bertz CT molecular complexity index is 244. The van der Waals surface area contributed by atoms with Crippen LogP contribution in [0.4, 0.5) is 0 Å². The molecule has 2 rings (SSSR count). The monoisotopic (exact) mass is 237 g/mol. The predicted molar refractivity (Wildman–Crippen MR) is 73.7 cm³/mol. The molecule has 1 atom stereocenters. The molecule has 17 heavy (non-hydrogen) atoms. The lowest BCUT2D eigenvalue weighted by molar-refractivity contribution is 0.215. The summed E-state index contributed by atoms with van der Waals surface area (Å²) in [5, 5.41) is 3.61. The number of nitrogens with zero attached hydrogens (tertiary/aromatic N) is 2. The number of aliphatic imine (C=N–C) groups is 1. The van der Waals surface area contributed by atoms with Gasteiger partial charge in [-0.25, -0.2) is 0 Å². The van der Waals surface area contributed by atoms with Gasteiger partial charge in [-0.05, 0) is 45.7 Å². The number of likely N-dealkylation sites (tertiary alicyclic amines) is 1. The molecule has 3 heteroatoms. The van der Waals surface area contributed by atoms with E-state index >= 15 is 0 Å². The maximum Gasteiger partial charge on any atom is 0.0965 e. The molecule has 0 aromatic carbocycles. The number of rotatable bonds is 3. The van der Waals surface area contributed by atoms with Crippen LogP contribution in [0.3, 0.4) is 0 Å². The van der Waals surface area contributed by atoms with Crippen molar-refractivity contribution >= 4 is 5.84 Å². The zero-order chi connectivity index (χ0) is 11.9. The van der Waals surface area contributed by atoms with Gasteiger partial charge in [0.05, 0.1) is 5.84 Å². The van der Waals surface area contributed by atoms with Gasteiger partial charge < -0.3 is 10.2 Å². The maximum absolute atomic E-state index is 4.64. The van der Waals surface area contributed by atoms with Crippen molar-refractivity contribution in [3.8, 4) is 0 Å². The third-order valence-corrected chi connectivity index (χ3v) is 3.77. The smallest absolute Gasteiger partial charge is 0.0965 e. The van der Waals surface area contributed by atoms with Crippen LogP contribution in [0.15, 0.2) is 4.99 Å². The molecular formula is C14H27N3. The van der Waals surface area contributed by atoms with Gasteiger partial charge in [-0.2, -0.15) is 0 Å². The molecule has 0 aromatic heterocycles. The first-order chi connectivity index (χ1) is 8.34. The fourth-order valence-corrected chi connectivity index (χ4v) is 2.85. The minimum absolute atomic E-state index is 0.546. The van der Waals surface area contributed by atoms with Crippen LogP contribution in [0.1, 0.15) is 51.9 Å². The molecule has 98 valence electrons. The van der Waals surface area contributed by atoms with Crippen molar-refractivity contribution in [1.82, 2.24) is 10.2 Å². The Morgan fingerprint density at radius 3 is 2.71 bits per heavy atom. The van der Waals surface area contributed by atoms with Crippen LogP contribution in [0.25, 0.3) is 0 Å². The van der Waals surface area contributed by atoms with Crippen molar-refractivity contribution in [3.05, 3.63) is 0 Å². The summed E-state index contributed by atoms with van der Waals surface area (Å²) in [6, 6.07) is 0.546. The van der Waals surface area contributed by atoms with E-state index < -0.39 is 0 Å². The largest absolute Gasteiger partial charge is 0.370 e. The second-order valence-electron chi connectivity index (χ2n) is 5.55. The molecule has 0 amide bonds. The average molecular weight is 237 g/mol. The molecule has 0 aliphatic carbocycles. The van der Waals surface area contributed by atoms with Crippen molar-refractivity contribution in [2.75, 3.05) is 26.2 Å². The zero-order valence-electron chi connectivity index (χ0n) is 11.2. The number of amidine groups is 1. The van der Waals surface area contributed by atoms with Gasteiger partial charge in [0, 0.05) is 25.6 Å². The molecular weight excluding hydrogens is 210 g/mol. The molecule has 1 saturated heterocycles. The van der Waals surface area contributed by atoms with E-state index in [-0.39, 0.29) is 0 Å². The van der Waals surface area contributed by atoms with Crippen LogP contribution in [0.2, 0.25) is 0 Å². The first kappa shape index (κ1) is 12.9. The van der Waals surface area contributed by atoms with Gasteiger partial charge in [0.2, 0.25) is 0 Å². The summed E-state index contributed by atoms with van der Waals surface area (Å²) in [6.07, 6.45) is 9.26. The summed E-state index contributed by atoms with van der Waals surface area (Å²) in [6.45, 7) is 7.08. The summed E-state index contributed by atoms with van der Waals surface area (Å²) in [5.41, 5.74) is 0. The molecule has 2 aliphatic heterocycles. The van der Waals surface area contributed by atoms with Gasteiger partial charge >= 0.3 is 0 Å². The Labute approximate surface area is 106 Å². The molecule has 0 bridgehead atoms. The second kappa shape index (κ2) is 7.00. The number of nitrogens with one attached hydrogen (secondary N) is 1. The average Bonchev–Trinajstić information content (AvgIpc) is 2.59. The fraction of sp³-hybridized carbons (Fsp3) is 0.929. The van der Waals surface area contributed by atoms with Crippen LogP contribution in [-0.4, -0.2) is 43.0 Å². The number of hydrogen-bond acceptors (Lipinski definition) is 3. The van der Waals surface area contributed by atoms with E-state index in [4.69, 9.17) is 0 Å².